The van der Waals surface area contributed by atoms with Crippen LogP contribution in [0.2, 0.25) is 28.2 Å². The molecule has 3 heterocycles. The number of Topliss-reactive ketones (excluding diaryl/α,β-unsaturated/α-hetero) is 1. The van der Waals surface area contributed by atoms with Gasteiger partial charge >= 0.3 is 0 Å². The Labute approximate surface area is 298 Å². The molecule has 2 aromatic carbocycles. The molecule has 0 atom stereocenters. The number of methoxy groups -OCH3 is 1. The maximum Gasteiger partial charge on any atom is 0.243 e. The topological polar surface area (TPSA) is 118 Å². The number of halogens is 2. The number of carbonyl (C=O) groups is 2. The van der Waals surface area contributed by atoms with E-state index in [-0.39, 0.29) is 34.5 Å². The highest BCUT2D eigenvalue weighted by molar-refractivity contribution is 6.74. The summed E-state index contributed by atoms with van der Waals surface area (Å²) in [5.74, 6) is -0.152. The molecule has 0 spiro atoms. The van der Waals surface area contributed by atoms with Crippen molar-refractivity contribution in [2.24, 2.45) is 0 Å². The van der Waals surface area contributed by atoms with Crippen molar-refractivity contribution in [3.63, 3.8) is 0 Å². The van der Waals surface area contributed by atoms with Gasteiger partial charge in [0.05, 0.1) is 46.4 Å². The molecule has 0 bridgehead atoms. The molecule has 0 amide bonds. The minimum atomic E-state index is -1.86. The van der Waals surface area contributed by atoms with E-state index in [4.69, 9.17) is 37.3 Å². The zero-order valence-corrected chi connectivity index (χ0v) is 31.1. The molecular weight excluding hydrogens is 677 g/mol. The fraction of sp³-hybridized carbons (Fsp3) is 0.351. The zero-order valence-electron chi connectivity index (χ0n) is 28.6. The summed E-state index contributed by atoms with van der Waals surface area (Å²) in [7, 11) is -0.454. The zero-order chi connectivity index (χ0) is 35.5. The van der Waals surface area contributed by atoms with E-state index >= 15 is 0 Å². The van der Waals surface area contributed by atoms with Crippen molar-refractivity contribution in [2.75, 3.05) is 26.8 Å². The number of ether oxygens (including phenoxy) is 1. The SMILES string of the molecule is COc1nc(-c2cccc(-c3cccc(CC(=O)c4cc(C#N)c5c(n4)CN(CCO[Si](C)(C)C(C)(C)C)CC5)c3Cl)c2Cl)cnc1C=O. The van der Waals surface area contributed by atoms with E-state index in [1.54, 1.807) is 18.2 Å². The Kier molecular flexibility index (Phi) is 11.0. The Bertz CT molecular complexity index is 1950. The Morgan fingerprint density at radius 1 is 1.08 bits per heavy atom. The van der Waals surface area contributed by atoms with Crippen LogP contribution in [0.5, 0.6) is 5.88 Å². The van der Waals surface area contributed by atoms with E-state index < -0.39 is 8.32 Å². The number of ketones is 1. The summed E-state index contributed by atoms with van der Waals surface area (Å²) >= 11 is 13.9. The van der Waals surface area contributed by atoms with Crippen LogP contribution in [-0.4, -0.2) is 67.0 Å². The third kappa shape index (κ3) is 7.77. The molecule has 0 radical (unpaired) electrons. The van der Waals surface area contributed by atoms with E-state index in [1.165, 1.54) is 13.3 Å². The number of aldehydes is 1. The maximum absolute atomic E-state index is 13.7. The van der Waals surface area contributed by atoms with Gasteiger partial charge in [-0.15, -0.1) is 0 Å². The van der Waals surface area contributed by atoms with Gasteiger partial charge in [-0.1, -0.05) is 80.4 Å². The molecule has 1 aliphatic heterocycles. The lowest BCUT2D eigenvalue weighted by atomic mass is 9.95. The highest BCUT2D eigenvalue weighted by atomic mass is 35.5. The monoisotopic (exact) mass is 715 g/mol. The van der Waals surface area contributed by atoms with Crippen LogP contribution in [0.25, 0.3) is 22.4 Å². The predicted molar refractivity (Wildman–Crippen MR) is 194 cm³/mol. The summed E-state index contributed by atoms with van der Waals surface area (Å²) in [6.45, 7) is 13.9. The van der Waals surface area contributed by atoms with Crippen LogP contribution in [0.1, 0.15) is 64.1 Å². The van der Waals surface area contributed by atoms with E-state index in [0.29, 0.717) is 69.4 Å². The van der Waals surface area contributed by atoms with Crippen molar-refractivity contribution in [3.05, 3.63) is 92.5 Å². The Balaban J connectivity index is 1.37. The molecule has 1 aliphatic rings. The van der Waals surface area contributed by atoms with Crippen molar-refractivity contribution < 1.29 is 18.8 Å². The fourth-order valence-electron chi connectivity index (χ4n) is 5.54. The van der Waals surface area contributed by atoms with E-state index in [2.05, 4.69) is 54.8 Å². The first-order chi connectivity index (χ1) is 23.3. The average molecular weight is 717 g/mol. The lowest BCUT2D eigenvalue weighted by molar-refractivity contribution is 0.0986. The second kappa shape index (κ2) is 14.9. The molecule has 2 aromatic heterocycles. The van der Waals surface area contributed by atoms with E-state index in [1.807, 2.05) is 24.3 Å². The van der Waals surface area contributed by atoms with Crippen LogP contribution in [0.15, 0.2) is 48.7 Å². The number of benzene rings is 2. The van der Waals surface area contributed by atoms with Gasteiger partial charge in [-0.2, -0.15) is 5.26 Å². The molecule has 0 N–H and O–H groups in total. The first-order valence-electron chi connectivity index (χ1n) is 16.0. The fourth-order valence-corrected chi connectivity index (χ4v) is 7.20. The molecule has 5 rings (SSSR count). The molecule has 0 saturated carbocycles. The third-order valence-corrected chi connectivity index (χ3v) is 14.8. The number of pyridine rings is 1. The van der Waals surface area contributed by atoms with Crippen LogP contribution in [0, 0.1) is 11.3 Å². The van der Waals surface area contributed by atoms with Gasteiger partial charge in [0.1, 0.15) is 5.69 Å². The summed E-state index contributed by atoms with van der Waals surface area (Å²) in [6, 6.07) is 14.8. The van der Waals surface area contributed by atoms with Crippen molar-refractivity contribution in [1.82, 2.24) is 19.9 Å². The van der Waals surface area contributed by atoms with Crippen LogP contribution in [0.3, 0.4) is 0 Å². The highest BCUT2D eigenvalue weighted by Crippen LogP contribution is 2.40. The van der Waals surface area contributed by atoms with Crippen molar-refractivity contribution in [1.29, 1.82) is 5.26 Å². The number of rotatable bonds is 11. The summed E-state index contributed by atoms with van der Waals surface area (Å²) in [4.78, 5) is 40.6. The van der Waals surface area contributed by atoms with Gasteiger partial charge in [0.2, 0.25) is 5.88 Å². The number of fused-ring (bicyclic) bond motifs is 1. The normalized spacial score (nSPS) is 13.4. The Morgan fingerprint density at radius 3 is 2.45 bits per heavy atom. The van der Waals surface area contributed by atoms with Crippen LogP contribution in [0.4, 0.5) is 0 Å². The van der Waals surface area contributed by atoms with Gasteiger partial charge in [-0.3, -0.25) is 14.5 Å². The van der Waals surface area contributed by atoms with E-state index in [9.17, 15) is 14.9 Å². The quantitative estimate of drug-likeness (QED) is 0.0864. The third-order valence-electron chi connectivity index (χ3n) is 9.41. The number of aromatic nitrogens is 3. The van der Waals surface area contributed by atoms with Gasteiger partial charge in [0.25, 0.3) is 0 Å². The van der Waals surface area contributed by atoms with Gasteiger partial charge in [-0.05, 0) is 41.7 Å². The highest BCUT2D eigenvalue weighted by Gasteiger charge is 2.37. The van der Waals surface area contributed by atoms with Crippen LogP contribution < -0.4 is 4.74 Å². The van der Waals surface area contributed by atoms with Crippen LogP contribution >= 0.6 is 23.2 Å². The van der Waals surface area contributed by atoms with Crippen molar-refractivity contribution in [3.8, 4) is 34.3 Å². The molecule has 0 saturated heterocycles. The molecular formula is C37H39Cl2N5O4Si. The van der Waals surface area contributed by atoms with Gasteiger partial charge in [0.15, 0.2) is 26.1 Å². The first-order valence-corrected chi connectivity index (χ1v) is 19.7. The van der Waals surface area contributed by atoms with Gasteiger partial charge < -0.3 is 9.16 Å². The van der Waals surface area contributed by atoms with Crippen molar-refractivity contribution >= 4 is 43.6 Å². The second-order valence-electron chi connectivity index (χ2n) is 13.5. The second-order valence-corrected chi connectivity index (χ2v) is 19.1. The van der Waals surface area contributed by atoms with E-state index in [0.717, 1.165) is 24.3 Å². The lowest BCUT2D eigenvalue weighted by Crippen LogP contribution is -2.43. The molecule has 254 valence electrons. The molecule has 12 heteroatoms. The minimum Gasteiger partial charge on any atom is -0.479 e. The molecule has 0 fully saturated rings. The summed E-state index contributed by atoms with van der Waals surface area (Å²) in [5, 5.41) is 10.9. The number of hydrogen-bond acceptors (Lipinski definition) is 9. The number of nitriles is 1. The summed E-state index contributed by atoms with van der Waals surface area (Å²) in [5.41, 5.74) is 5.32. The Morgan fingerprint density at radius 2 is 1.78 bits per heavy atom. The maximum atomic E-state index is 13.7. The lowest BCUT2D eigenvalue weighted by Gasteiger charge is -2.37. The molecule has 0 aliphatic carbocycles. The molecule has 0 unspecified atom stereocenters. The number of carbonyl (C=O) groups excluding carboxylic acids is 2. The largest absolute Gasteiger partial charge is 0.479 e. The first kappa shape index (κ1) is 36.3. The van der Waals surface area contributed by atoms with Gasteiger partial charge in [0, 0.05) is 49.4 Å². The summed E-state index contributed by atoms with van der Waals surface area (Å²) < 4.78 is 11.6. The minimum absolute atomic E-state index is 0.0134. The molecule has 9 nitrogen and oxygen atoms in total. The average Bonchev–Trinajstić information content (AvgIpc) is 3.07. The number of hydrogen-bond donors (Lipinski definition) is 0. The molecule has 49 heavy (non-hydrogen) atoms. The Hall–Kier alpha value is -3.98. The van der Waals surface area contributed by atoms with Crippen molar-refractivity contribution in [2.45, 2.75) is 58.3 Å². The predicted octanol–water partition coefficient (Wildman–Crippen LogP) is 8.01. The standard InChI is InChI=1S/C37H39Cl2N5O4Si/c1-37(2,3)49(5,6)48-16-15-44-14-13-25-24(19-40)17-29(42-31(25)21-44)33(46)18-23-9-7-10-26(34(23)38)27-11-8-12-28(35(27)39)30-20-41-32(22-45)36(43-30)47-4/h7-12,17,20,22H,13-16,18,21H2,1-6H3. The smallest absolute Gasteiger partial charge is 0.243 e. The summed E-state index contributed by atoms with van der Waals surface area (Å²) in [6.07, 6.45) is 2.70. The number of nitrogens with zero attached hydrogens (tertiary/aromatic N) is 5. The molecule has 4 aromatic rings. The van der Waals surface area contributed by atoms with Gasteiger partial charge in [-0.25, -0.2) is 15.0 Å². The van der Waals surface area contributed by atoms with Crippen LogP contribution in [-0.2, 0) is 23.8 Å².